The topological polar surface area (TPSA) is 0 Å². The first-order valence-electron chi connectivity index (χ1n) is 10.6. The molecular formula is C28H32. The molecule has 0 aliphatic heterocycles. The third kappa shape index (κ3) is 3.20. The summed E-state index contributed by atoms with van der Waals surface area (Å²) in [5, 5.41) is 0. The number of benzene rings is 3. The second kappa shape index (κ2) is 7.24. The van der Waals surface area contributed by atoms with E-state index >= 15 is 0 Å². The highest BCUT2D eigenvalue weighted by Crippen LogP contribution is 2.37. The van der Waals surface area contributed by atoms with Crippen molar-refractivity contribution in [2.45, 2.75) is 67.2 Å². The molecule has 0 heterocycles. The van der Waals surface area contributed by atoms with Gasteiger partial charge in [0.05, 0.1) is 0 Å². The van der Waals surface area contributed by atoms with Crippen LogP contribution in [0, 0.1) is 41.5 Å². The van der Waals surface area contributed by atoms with Crippen LogP contribution in [0.25, 0.3) is 11.1 Å². The van der Waals surface area contributed by atoms with Crippen LogP contribution in [0.4, 0.5) is 0 Å². The molecule has 0 saturated heterocycles. The lowest BCUT2D eigenvalue weighted by molar-refractivity contribution is 0.913. The van der Waals surface area contributed by atoms with Gasteiger partial charge in [-0.1, -0.05) is 36.4 Å². The summed E-state index contributed by atoms with van der Waals surface area (Å²) in [6, 6.07) is 14.3. The van der Waals surface area contributed by atoms with E-state index in [0.29, 0.717) is 0 Å². The van der Waals surface area contributed by atoms with Crippen LogP contribution < -0.4 is 0 Å². The summed E-state index contributed by atoms with van der Waals surface area (Å²) in [6.07, 6.45) is 4.43. The summed E-state index contributed by atoms with van der Waals surface area (Å²) in [4.78, 5) is 0. The predicted molar refractivity (Wildman–Crippen MR) is 122 cm³/mol. The van der Waals surface area contributed by atoms with E-state index in [1.54, 1.807) is 0 Å². The van der Waals surface area contributed by atoms with Gasteiger partial charge in [0, 0.05) is 0 Å². The van der Waals surface area contributed by atoms with Crippen LogP contribution in [0.2, 0.25) is 0 Å². The van der Waals surface area contributed by atoms with Crippen molar-refractivity contribution in [3.05, 3.63) is 92.0 Å². The van der Waals surface area contributed by atoms with Crippen molar-refractivity contribution < 1.29 is 0 Å². The summed E-state index contributed by atoms with van der Waals surface area (Å²) in [5.41, 5.74) is 17.5. The molecule has 0 spiro atoms. The minimum absolute atomic E-state index is 1.10. The number of rotatable bonds is 1. The quantitative estimate of drug-likeness (QED) is 0.430. The molecular weight excluding hydrogens is 336 g/mol. The molecule has 4 aliphatic carbocycles. The van der Waals surface area contributed by atoms with Crippen molar-refractivity contribution >= 4 is 0 Å². The maximum Gasteiger partial charge on any atom is -0.0117 e. The Labute approximate surface area is 170 Å². The first-order valence-corrected chi connectivity index (χ1v) is 10.6. The van der Waals surface area contributed by atoms with Crippen molar-refractivity contribution in [3.8, 4) is 11.1 Å². The smallest absolute Gasteiger partial charge is 0.0117 e. The fourth-order valence-corrected chi connectivity index (χ4v) is 4.89. The summed E-state index contributed by atoms with van der Waals surface area (Å²) >= 11 is 0. The molecule has 3 aromatic carbocycles. The van der Waals surface area contributed by atoms with E-state index in [9.17, 15) is 0 Å². The maximum atomic E-state index is 2.49. The molecule has 0 aromatic heterocycles. The van der Waals surface area contributed by atoms with Gasteiger partial charge in [-0.25, -0.2) is 0 Å². The van der Waals surface area contributed by atoms with Crippen LogP contribution in [-0.4, -0.2) is 0 Å². The highest BCUT2D eigenvalue weighted by atomic mass is 14.2. The highest BCUT2D eigenvalue weighted by molar-refractivity contribution is 5.77. The minimum atomic E-state index is 1.10. The van der Waals surface area contributed by atoms with Gasteiger partial charge in [-0.2, -0.15) is 0 Å². The Kier molecular flexibility index (Phi) is 4.91. The lowest BCUT2D eigenvalue weighted by Crippen LogP contribution is -2.05. The predicted octanol–water partition coefficient (Wildman–Crippen LogP) is 7.09. The summed E-state index contributed by atoms with van der Waals surface area (Å²) in [5.74, 6) is 0. The van der Waals surface area contributed by atoms with E-state index in [4.69, 9.17) is 0 Å². The van der Waals surface area contributed by atoms with E-state index in [0.717, 1.165) is 25.7 Å². The monoisotopic (exact) mass is 368 g/mol. The molecule has 0 atom stereocenters. The second-order valence-electron chi connectivity index (χ2n) is 8.75. The van der Waals surface area contributed by atoms with E-state index in [1.165, 1.54) is 66.8 Å². The van der Waals surface area contributed by atoms with Crippen LogP contribution in [0.1, 0.15) is 55.6 Å². The van der Waals surface area contributed by atoms with Crippen LogP contribution >= 0.6 is 0 Å². The van der Waals surface area contributed by atoms with E-state index < -0.39 is 0 Å². The Hall–Kier alpha value is -2.34. The van der Waals surface area contributed by atoms with Crippen LogP contribution in [0.15, 0.2) is 36.4 Å². The molecule has 0 radical (unpaired) electrons. The van der Waals surface area contributed by atoms with Crippen molar-refractivity contribution in [2.24, 2.45) is 0 Å². The molecule has 0 heteroatoms. The standard InChI is InChI=1S/C28H32/c1-17-15-23-7-11-25(17)12-8-24-10-14-26(13-9-23)27(16-24)28-21(5)19(3)18(2)20(4)22(28)6/h7,10-11,14-16H,8-9,12-13H2,1-6H3. The molecule has 0 saturated carbocycles. The second-order valence-corrected chi connectivity index (χ2v) is 8.75. The molecule has 0 amide bonds. The zero-order valence-electron chi connectivity index (χ0n) is 18.3. The Morgan fingerprint density at radius 3 is 1.61 bits per heavy atom. The normalized spacial score (nSPS) is 13.5. The minimum Gasteiger partial charge on any atom is -0.0587 e. The Bertz CT molecular complexity index is 1040. The fraction of sp³-hybridized carbons (Fsp3) is 0.357. The van der Waals surface area contributed by atoms with Gasteiger partial charge in [-0.3, -0.25) is 0 Å². The molecule has 144 valence electrons. The van der Waals surface area contributed by atoms with E-state index in [2.05, 4.69) is 77.9 Å². The van der Waals surface area contributed by atoms with Gasteiger partial charge in [0.2, 0.25) is 0 Å². The molecule has 4 bridgehead atoms. The van der Waals surface area contributed by atoms with Gasteiger partial charge in [-0.05, 0) is 134 Å². The number of hydrogen-bond donors (Lipinski definition) is 0. The van der Waals surface area contributed by atoms with Crippen molar-refractivity contribution in [1.82, 2.24) is 0 Å². The van der Waals surface area contributed by atoms with E-state index in [-0.39, 0.29) is 0 Å². The molecule has 4 aliphatic rings. The van der Waals surface area contributed by atoms with Crippen LogP contribution in [-0.2, 0) is 25.7 Å². The largest absolute Gasteiger partial charge is 0.0587 e. The van der Waals surface area contributed by atoms with Crippen LogP contribution in [0.5, 0.6) is 0 Å². The maximum absolute atomic E-state index is 2.49. The highest BCUT2D eigenvalue weighted by Gasteiger charge is 2.17. The molecule has 7 rings (SSSR count). The van der Waals surface area contributed by atoms with Crippen molar-refractivity contribution in [3.63, 3.8) is 0 Å². The SMILES string of the molecule is Cc1cc2ccc1CCc1ccc(c(-c3c(C)c(C)c(C)c(C)c3C)c1)CC2. The average Bonchev–Trinajstić information content (AvgIpc) is 2.68. The molecule has 3 aromatic rings. The number of aryl methyl sites for hydroxylation is 5. The summed E-state index contributed by atoms with van der Waals surface area (Å²) in [7, 11) is 0. The third-order valence-electron chi connectivity index (χ3n) is 7.22. The molecule has 0 N–H and O–H groups in total. The molecule has 0 nitrogen and oxygen atoms in total. The molecule has 0 unspecified atom stereocenters. The zero-order chi connectivity index (χ0) is 20.0. The lowest BCUT2D eigenvalue weighted by Gasteiger charge is -2.22. The Morgan fingerprint density at radius 1 is 0.500 bits per heavy atom. The van der Waals surface area contributed by atoms with Crippen molar-refractivity contribution in [1.29, 1.82) is 0 Å². The van der Waals surface area contributed by atoms with Crippen molar-refractivity contribution in [2.75, 3.05) is 0 Å². The van der Waals surface area contributed by atoms with Gasteiger partial charge < -0.3 is 0 Å². The van der Waals surface area contributed by atoms with E-state index in [1.807, 2.05) is 0 Å². The third-order valence-corrected chi connectivity index (χ3v) is 7.22. The molecule has 0 fully saturated rings. The number of hydrogen-bond acceptors (Lipinski definition) is 0. The van der Waals surface area contributed by atoms with Gasteiger partial charge in [0.15, 0.2) is 0 Å². The van der Waals surface area contributed by atoms with Gasteiger partial charge in [0.1, 0.15) is 0 Å². The zero-order valence-corrected chi connectivity index (χ0v) is 18.3. The Morgan fingerprint density at radius 2 is 1.00 bits per heavy atom. The lowest BCUT2D eigenvalue weighted by atomic mass is 9.82. The van der Waals surface area contributed by atoms with Gasteiger partial charge in [-0.15, -0.1) is 0 Å². The first-order chi connectivity index (χ1) is 13.4. The fourth-order valence-electron chi connectivity index (χ4n) is 4.89. The average molecular weight is 369 g/mol. The van der Waals surface area contributed by atoms with Gasteiger partial charge >= 0.3 is 0 Å². The summed E-state index contributed by atoms with van der Waals surface area (Å²) < 4.78 is 0. The summed E-state index contributed by atoms with van der Waals surface area (Å²) in [6.45, 7) is 13.7. The Balaban J connectivity index is 1.90. The first kappa shape index (κ1) is 19.0. The van der Waals surface area contributed by atoms with Gasteiger partial charge in [0.25, 0.3) is 0 Å². The van der Waals surface area contributed by atoms with Crippen LogP contribution in [0.3, 0.4) is 0 Å². The molecule has 28 heavy (non-hydrogen) atoms.